The van der Waals surface area contributed by atoms with Gasteiger partial charge in [-0.1, -0.05) is 45.6 Å². The Labute approximate surface area is 247 Å². The van der Waals surface area contributed by atoms with Gasteiger partial charge in [0.2, 0.25) is 0 Å². The predicted octanol–water partition coefficient (Wildman–Crippen LogP) is 9.57. The van der Waals surface area contributed by atoms with Crippen molar-refractivity contribution in [2.75, 3.05) is 6.61 Å². The minimum absolute atomic E-state index is 0.0234. The van der Waals surface area contributed by atoms with E-state index in [1.165, 1.54) is 32.0 Å². The van der Waals surface area contributed by atoms with E-state index in [2.05, 4.69) is 30.7 Å². The number of hydrogen-bond donors (Lipinski definition) is 1. The molecule has 1 aromatic rings. The zero-order valence-corrected chi connectivity index (χ0v) is 27.3. The summed E-state index contributed by atoms with van der Waals surface area (Å²) >= 11 is 0. The Morgan fingerprint density at radius 1 is 1.10 bits per heavy atom. The molecule has 0 bridgehead atoms. The van der Waals surface area contributed by atoms with Crippen molar-refractivity contribution >= 4 is 6.08 Å². The summed E-state index contributed by atoms with van der Waals surface area (Å²) in [4.78, 5) is 8.84. The van der Waals surface area contributed by atoms with Crippen LogP contribution in [0.15, 0.2) is 11.8 Å². The Morgan fingerprint density at radius 3 is 2.12 bits per heavy atom. The molecular weight excluding hydrogens is 529 g/mol. The smallest absolute Gasteiger partial charge is 0.387 e. The summed E-state index contributed by atoms with van der Waals surface area (Å²) in [6, 6.07) is 0. The molecule has 8 heteroatoms. The number of aliphatic hydroxyl groups excluding tert-OH is 1. The lowest BCUT2D eigenvalue weighted by atomic mass is 9.63. The Hall–Kier alpha value is -1.51. The first kappa shape index (κ1) is 37.5. The van der Waals surface area contributed by atoms with E-state index in [4.69, 9.17) is 9.47 Å². The number of nitrogens with zero attached hydrogens (tertiary/aromatic N) is 2. The molecule has 1 N–H and O–H groups in total. The highest BCUT2D eigenvalue weighted by Crippen LogP contribution is 2.57. The van der Waals surface area contributed by atoms with Gasteiger partial charge in [0.25, 0.3) is 0 Å². The molecule has 1 saturated carbocycles. The number of hydrogen-bond acceptors (Lipinski definition) is 5. The second-order valence-electron chi connectivity index (χ2n) is 12.8. The van der Waals surface area contributed by atoms with Crippen LogP contribution < -0.4 is 0 Å². The van der Waals surface area contributed by atoms with Gasteiger partial charge in [-0.2, -0.15) is 13.2 Å². The van der Waals surface area contributed by atoms with Crippen LogP contribution in [-0.2, 0) is 9.47 Å². The van der Waals surface area contributed by atoms with Crippen molar-refractivity contribution in [1.82, 2.24) is 9.97 Å². The van der Waals surface area contributed by atoms with Crippen LogP contribution in [0.5, 0.6) is 0 Å². The van der Waals surface area contributed by atoms with Crippen LogP contribution in [0.25, 0.3) is 6.08 Å². The van der Waals surface area contributed by atoms with Crippen LogP contribution in [0.4, 0.5) is 13.2 Å². The Bertz CT molecular complexity index is 919. The summed E-state index contributed by atoms with van der Waals surface area (Å²) in [5.41, 5.74) is -0.326. The first-order chi connectivity index (χ1) is 19.0. The zero-order valence-electron chi connectivity index (χ0n) is 27.3. The van der Waals surface area contributed by atoms with E-state index in [-0.39, 0.29) is 42.1 Å². The van der Waals surface area contributed by atoms with Gasteiger partial charge in [0.05, 0.1) is 59.2 Å². The standard InChI is InChI=1S/C29H47F3N2O3.C4H10/c1-9-22(18-36-27(6,7)8)26(37-19(2)3)13-10-12-25(35)24-17-33-23(21(5)34-24)16-20(4)28(14-11-15-28)29(30,31)32;1-3-4-2/h16-17,19,22,25-26,35H,9-15,18H2,1-8H3;3-4H2,1-2H3/b20-16+;/t22-,25?,26?;/m0./s1. The van der Waals surface area contributed by atoms with Gasteiger partial charge >= 0.3 is 6.18 Å². The lowest BCUT2D eigenvalue weighted by Crippen LogP contribution is -2.44. The molecule has 0 amide bonds. The van der Waals surface area contributed by atoms with Crippen molar-refractivity contribution in [2.24, 2.45) is 11.3 Å². The highest BCUT2D eigenvalue weighted by molar-refractivity contribution is 5.53. The molecule has 0 spiro atoms. The van der Waals surface area contributed by atoms with Gasteiger partial charge in [-0.15, -0.1) is 0 Å². The van der Waals surface area contributed by atoms with Crippen LogP contribution in [0.2, 0.25) is 0 Å². The van der Waals surface area contributed by atoms with Gasteiger partial charge in [0.1, 0.15) is 0 Å². The Morgan fingerprint density at radius 2 is 1.71 bits per heavy atom. The molecule has 0 aromatic carbocycles. The molecule has 2 unspecified atom stereocenters. The van der Waals surface area contributed by atoms with Gasteiger partial charge < -0.3 is 14.6 Å². The number of alkyl halides is 3. The molecule has 41 heavy (non-hydrogen) atoms. The minimum atomic E-state index is -4.27. The normalized spacial score (nSPS) is 17.9. The molecular formula is C33H57F3N2O3. The quantitative estimate of drug-likeness (QED) is 0.235. The number of aromatic nitrogens is 2. The average molecular weight is 587 g/mol. The third-order valence-electron chi connectivity index (χ3n) is 7.90. The second-order valence-corrected chi connectivity index (χ2v) is 12.8. The number of allylic oxidation sites excluding steroid dienone is 1. The first-order valence-corrected chi connectivity index (χ1v) is 15.6. The molecule has 2 rings (SSSR count). The third-order valence-corrected chi connectivity index (χ3v) is 7.90. The van der Waals surface area contributed by atoms with Crippen LogP contribution in [0.3, 0.4) is 0 Å². The monoisotopic (exact) mass is 586 g/mol. The number of aryl methyl sites for hydroxylation is 1. The van der Waals surface area contributed by atoms with Crippen molar-refractivity contribution in [1.29, 1.82) is 0 Å². The fourth-order valence-corrected chi connectivity index (χ4v) is 4.86. The summed E-state index contributed by atoms with van der Waals surface area (Å²) < 4.78 is 53.2. The van der Waals surface area contributed by atoms with Crippen molar-refractivity contribution in [3.63, 3.8) is 0 Å². The summed E-state index contributed by atoms with van der Waals surface area (Å²) in [6.07, 6.45) is 4.42. The van der Waals surface area contributed by atoms with Gasteiger partial charge in [0, 0.05) is 5.92 Å². The SMILES string of the molecule is CCCC.CC[C@@H](COC(C)(C)C)C(CCCC(O)c1cnc(/C=C(\C)C2(C(F)(F)F)CCC2)c(C)n1)OC(C)C. The fraction of sp³-hybridized carbons (Fsp3) is 0.818. The Kier molecular flexibility index (Phi) is 15.5. The van der Waals surface area contributed by atoms with Crippen molar-refractivity contribution in [3.05, 3.63) is 28.9 Å². The van der Waals surface area contributed by atoms with Crippen molar-refractivity contribution in [3.8, 4) is 0 Å². The van der Waals surface area contributed by atoms with Gasteiger partial charge in [-0.05, 0) is 93.1 Å². The minimum Gasteiger partial charge on any atom is -0.387 e. The molecule has 1 fully saturated rings. The second kappa shape index (κ2) is 17.0. The molecule has 1 aliphatic carbocycles. The van der Waals surface area contributed by atoms with Crippen LogP contribution in [-0.4, -0.2) is 45.7 Å². The number of unbranched alkanes of at least 4 members (excludes halogenated alkanes) is 1. The van der Waals surface area contributed by atoms with E-state index in [1.807, 2.05) is 34.6 Å². The van der Waals surface area contributed by atoms with Gasteiger partial charge in [-0.25, -0.2) is 0 Å². The maximum Gasteiger partial charge on any atom is 0.398 e. The lowest BCUT2D eigenvalue weighted by molar-refractivity contribution is -0.233. The summed E-state index contributed by atoms with van der Waals surface area (Å²) in [7, 11) is 0. The van der Waals surface area contributed by atoms with E-state index in [0.717, 1.165) is 19.3 Å². The molecule has 3 atom stereocenters. The first-order valence-electron chi connectivity index (χ1n) is 15.6. The van der Waals surface area contributed by atoms with Crippen LogP contribution in [0.1, 0.15) is 143 Å². The highest BCUT2D eigenvalue weighted by Gasteiger charge is 2.59. The van der Waals surface area contributed by atoms with Crippen LogP contribution in [0, 0.1) is 18.3 Å². The summed E-state index contributed by atoms with van der Waals surface area (Å²) in [5.74, 6) is 0.255. The molecule has 5 nitrogen and oxygen atoms in total. The molecule has 0 saturated heterocycles. The zero-order chi connectivity index (χ0) is 31.4. The van der Waals surface area contributed by atoms with E-state index in [1.54, 1.807) is 6.92 Å². The maximum absolute atomic E-state index is 13.7. The molecule has 0 aliphatic heterocycles. The molecule has 1 heterocycles. The molecule has 1 aromatic heterocycles. The number of aliphatic hydroxyl groups is 1. The summed E-state index contributed by atoms with van der Waals surface area (Å²) in [6.45, 7) is 20.5. The third kappa shape index (κ3) is 11.9. The maximum atomic E-state index is 13.7. The molecule has 238 valence electrons. The molecule has 0 radical (unpaired) electrons. The largest absolute Gasteiger partial charge is 0.398 e. The fourth-order valence-electron chi connectivity index (χ4n) is 4.86. The highest BCUT2D eigenvalue weighted by atomic mass is 19.4. The van der Waals surface area contributed by atoms with E-state index in [9.17, 15) is 18.3 Å². The van der Waals surface area contributed by atoms with Crippen molar-refractivity contribution in [2.45, 2.75) is 157 Å². The summed E-state index contributed by atoms with van der Waals surface area (Å²) in [5, 5.41) is 10.8. The van der Waals surface area contributed by atoms with E-state index in [0.29, 0.717) is 36.5 Å². The van der Waals surface area contributed by atoms with Crippen molar-refractivity contribution < 1.29 is 27.8 Å². The molecule has 1 aliphatic rings. The lowest BCUT2D eigenvalue weighted by Gasteiger charge is -2.44. The van der Waals surface area contributed by atoms with Crippen LogP contribution >= 0.6 is 0 Å². The van der Waals surface area contributed by atoms with Gasteiger partial charge in [-0.3, -0.25) is 9.97 Å². The number of rotatable bonds is 14. The average Bonchev–Trinajstić information content (AvgIpc) is 2.82. The van der Waals surface area contributed by atoms with Gasteiger partial charge in [0.15, 0.2) is 0 Å². The number of ether oxygens (including phenoxy) is 2. The predicted molar refractivity (Wildman–Crippen MR) is 162 cm³/mol. The topological polar surface area (TPSA) is 64.5 Å². The van der Waals surface area contributed by atoms with E-state index >= 15 is 0 Å². The number of halogens is 3. The van der Waals surface area contributed by atoms with E-state index < -0.39 is 17.7 Å². The Balaban J connectivity index is 0.00000196.